The van der Waals surface area contributed by atoms with Crippen LogP contribution in [0.5, 0.6) is 0 Å². The second-order valence-corrected chi connectivity index (χ2v) is 8.19. The summed E-state index contributed by atoms with van der Waals surface area (Å²) in [6.45, 7) is 15.9. The molecule has 2 saturated heterocycles. The Morgan fingerprint density at radius 1 is 1.00 bits per heavy atom. The molecule has 2 atom stereocenters. The Labute approximate surface area is 131 Å². The first kappa shape index (κ1) is 17.2. The van der Waals surface area contributed by atoms with Crippen LogP contribution in [0.2, 0.25) is 0 Å². The van der Waals surface area contributed by atoms with E-state index in [2.05, 4.69) is 39.5 Å². The largest absolute Gasteiger partial charge is 0.350 e. The zero-order chi connectivity index (χ0) is 15.5. The lowest BCUT2D eigenvalue weighted by atomic mass is 9.75. The molecule has 21 heavy (non-hydrogen) atoms. The molecule has 0 aromatic rings. The smallest absolute Gasteiger partial charge is 0.160 e. The third-order valence-electron chi connectivity index (χ3n) is 5.53. The summed E-state index contributed by atoms with van der Waals surface area (Å²) < 4.78 is 11.2. The van der Waals surface area contributed by atoms with Crippen LogP contribution in [-0.4, -0.2) is 43.5 Å². The van der Waals surface area contributed by atoms with Gasteiger partial charge in [0.2, 0.25) is 0 Å². The average Bonchev–Trinajstić information content (AvgIpc) is 2.98. The van der Waals surface area contributed by atoms with E-state index < -0.39 is 0 Å². The monoisotopic (exact) mass is 297 g/mol. The van der Waals surface area contributed by atoms with E-state index in [1.165, 1.54) is 38.8 Å². The Hall–Kier alpha value is -0.120. The molecule has 0 amide bonds. The van der Waals surface area contributed by atoms with Crippen molar-refractivity contribution in [3.8, 4) is 0 Å². The highest BCUT2D eigenvalue weighted by molar-refractivity contribution is 4.82. The Bertz CT molecular complexity index is 299. The molecule has 0 saturated carbocycles. The Kier molecular flexibility index (Phi) is 6.10. The highest BCUT2D eigenvalue weighted by Crippen LogP contribution is 2.35. The molecule has 2 aliphatic heterocycles. The lowest BCUT2D eigenvalue weighted by molar-refractivity contribution is -0.0818. The van der Waals surface area contributed by atoms with Crippen LogP contribution in [-0.2, 0) is 9.47 Å². The molecule has 124 valence electrons. The van der Waals surface area contributed by atoms with Gasteiger partial charge in [-0.3, -0.25) is 0 Å². The van der Waals surface area contributed by atoms with Gasteiger partial charge in [-0.1, -0.05) is 27.7 Å². The van der Waals surface area contributed by atoms with Crippen molar-refractivity contribution >= 4 is 0 Å². The maximum Gasteiger partial charge on any atom is 0.160 e. The molecular formula is C18H35NO2. The minimum absolute atomic E-state index is 0.0452. The van der Waals surface area contributed by atoms with Gasteiger partial charge in [-0.2, -0.15) is 0 Å². The molecule has 0 N–H and O–H groups in total. The van der Waals surface area contributed by atoms with Crippen LogP contribution in [0.4, 0.5) is 0 Å². The summed E-state index contributed by atoms with van der Waals surface area (Å²) in [4.78, 5) is 2.69. The van der Waals surface area contributed by atoms with E-state index in [0.29, 0.717) is 17.4 Å². The first-order valence-corrected chi connectivity index (χ1v) is 8.85. The summed E-state index contributed by atoms with van der Waals surface area (Å²) in [5.74, 6) is 1.40. The standard InChI is InChI=1S/C18H35NO2/c1-14(17-20-12-13-21-17)6-7-15(2)19-10-8-16(9-11-19)18(3,4)5/h14-17H,6-13H2,1-5H3. The fourth-order valence-electron chi connectivity index (χ4n) is 3.73. The Morgan fingerprint density at radius 2 is 1.57 bits per heavy atom. The topological polar surface area (TPSA) is 21.7 Å². The molecule has 2 rings (SSSR count). The summed E-state index contributed by atoms with van der Waals surface area (Å²) >= 11 is 0. The normalized spacial score (nSPS) is 26.1. The van der Waals surface area contributed by atoms with Gasteiger partial charge in [-0.25, -0.2) is 0 Å². The summed E-state index contributed by atoms with van der Waals surface area (Å²) in [5.41, 5.74) is 0.473. The van der Waals surface area contributed by atoms with Crippen molar-refractivity contribution < 1.29 is 9.47 Å². The van der Waals surface area contributed by atoms with Crippen LogP contribution in [0.25, 0.3) is 0 Å². The van der Waals surface area contributed by atoms with Crippen molar-refractivity contribution in [2.75, 3.05) is 26.3 Å². The van der Waals surface area contributed by atoms with Crippen molar-refractivity contribution in [3.05, 3.63) is 0 Å². The van der Waals surface area contributed by atoms with Crippen molar-refractivity contribution in [1.82, 2.24) is 4.90 Å². The molecule has 2 unspecified atom stereocenters. The molecule has 2 fully saturated rings. The van der Waals surface area contributed by atoms with Crippen LogP contribution in [0, 0.1) is 17.3 Å². The van der Waals surface area contributed by atoms with Gasteiger partial charge in [0.1, 0.15) is 0 Å². The third kappa shape index (κ3) is 4.94. The molecule has 0 spiro atoms. The van der Waals surface area contributed by atoms with Gasteiger partial charge in [-0.15, -0.1) is 0 Å². The highest BCUT2D eigenvalue weighted by atomic mass is 16.7. The van der Waals surface area contributed by atoms with E-state index >= 15 is 0 Å². The first-order valence-electron chi connectivity index (χ1n) is 8.85. The molecular weight excluding hydrogens is 262 g/mol. The number of hydrogen-bond acceptors (Lipinski definition) is 3. The highest BCUT2D eigenvalue weighted by Gasteiger charge is 2.30. The third-order valence-corrected chi connectivity index (χ3v) is 5.53. The first-order chi connectivity index (χ1) is 9.88. The van der Waals surface area contributed by atoms with Gasteiger partial charge in [0.15, 0.2) is 6.29 Å². The second-order valence-electron chi connectivity index (χ2n) is 8.19. The fraction of sp³-hybridized carbons (Fsp3) is 1.00. The van der Waals surface area contributed by atoms with Crippen LogP contribution in [0.15, 0.2) is 0 Å². The Balaban J connectivity index is 1.68. The molecule has 3 nitrogen and oxygen atoms in total. The minimum atomic E-state index is 0.0452. The van der Waals surface area contributed by atoms with Crippen LogP contribution in [0.3, 0.4) is 0 Å². The van der Waals surface area contributed by atoms with E-state index in [1.54, 1.807) is 0 Å². The fourth-order valence-corrected chi connectivity index (χ4v) is 3.73. The quantitative estimate of drug-likeness (QED) is 0.767. The van der Waals surface area contributed by atoms with Gasteiger partial charge < -0.3 is 14.4 Å². The van der Waals surface area contributed by atoms with E-state index in [0.717, 1.165) is 19.1 Å². The van der Waals surface area contributed by atoms with Crippen molar-refractivity contribution in [2.45, 2.75) is 72.6 Å². The number of ether oxygens (including phenoxy) is 2. The van der Waals surface area contributed by atoms with Gasteiger partial charge in [0.25, 0.3) is 0 Å². The van der Waals surface area contributed by atoms with Crippen molar-refractivity contribution in [2.24, 2.45) is 17.3 Å². The van der Waals surface area contributed by atoms with Gasteiger partial charge in [0, 0.05) is 12.0 Å². The van der Waals surface area contributed by atoms with Crippen LogP contribution in [0.1, 0.15) is 60.3 Å². The van der Waals surface area contributed by atoms with Crippen molar-refractivity contribution in [3.63, 3.8) is 0 Å². The van der Waals surface area contributed by atoms with Crippen LogP contribution >= 0.6 is 0 Å². The zero-order valence-electron chi connectivity index (χ0n) is 14.7. The number of rotatable bonds is 5. The van der Waals surface area contributed by atoms with E-state index in [4.69, 9.17) is 9.47 Å². The number of likely N-dealkylation sites (tertiary alicyclic amines) is 1. The summed E-state index contributed by atoms with van der Waals surface area (Å²) in [6, 6.07) is 0.690. The molecule has 2 aliphatic rings. The SMILES string of the molecule is CC(CCC(C)N1CCC(C(C)(C)C)CC1)C1OCCO1. The van der Waals surface area contributed by atoms with Crippen LogP contribution < -0.4 is 0 Å². The number of hydrogen-bond donors (Lipinski definition) is 0. The summed E-state index contributed by atoms with van der Waals surface area (Å²) in [5, 5.41) is 0. The number of piperidine rings is 1. The second kappa shape index (κ2) is 7.43. The average molecular weight is 297 g/mol. The predicted molar refractivity (Wildman–Crippen MR) is 87.3 cm³/mol. The van der Waals surface area contributed by atoms with E-state index in [1.807, 2.05) is 0 Å². The molecule has 0 aromatic carbocycles. The lowest BCUT2D eigenvalue weighted by Gasteiger charge is -2.41. The maximum atomic E-state index is 5.61. The molecule has 0 aliphatic carbocycles. The van der Waals surface area contributed by atoms with Gasteiger partial charge >= 0.3 is 0 Å². The molecule has 2 heterocycles. The van der Waals surface area contributed by atoms with Gasteiger partial charge in [0.05, 0.1) is 13.2 Å². The maximum absolute atomic E-state index is 5.61. The lowest BCUT2D eigenvalue weighted by Crippen LogP contribution is -2.42. The molecule has 0 aromatic heterocycles. The summed E-state index contributed by atoms with van der Waals surface area (Å²) in [7, 11) is 0. The number of nitrogens with zero attached hydrogens (tertiary/aromatic N) is 1. The molecule has 0 radical (unpaired) electrons. The van der Waals surface area contributed by atoms with E-state index in [9.17, 15) is 0 Å². The Morgan fingerprint density at radius 3 is 2.10 bits per heavy atom. The summed E-state index contributed by atoms with van der Waals surface area (Å²) in [6.07, 6.45) is 5.22. The van der Waals surface area contributed by atoms with Crippen molar-refractivity contribution in [1.29, 1.82) is 0 Å². The predicted octanol–water partition coefficient (Wildman–Crippen LogP) is 3.92. The molecule has 3 heteroatoms. The minimum Gasteiger partial charge on any atom is -0.350 e. The zero-order valence-corrected chi connectivity index (χ0v) is 14.7. The van der Waals surface area contributed by atoms with E-state index in [-0.39, 0.29) is 6.29 Å². The van der Waals surface area contributed by atoms with Gasteiger partial charge in [-0.05, 0) is 57.0 Å². The molecule has 0 bridgehead atoms.